The molecule has 2 rings (SSSR count). The van der Waals surface area contributed by atoms with Crippen molar-refractivity contribution in [2.24, 2.45) is 5.73 Å². The van der Waals surface area contributed by atoms with E-state index >= 15 is 0 Å². The van der Waals surface area contributed by atoms with Crippen LogP contribution in [-0.2, 0) is 4.74 Å². The minimum atomic E-state index is -0.500. The summed E-state index contributed by atoms with van der Waals surface area (Å²) in [6.07, 6.45) is -0.544. The molecule has 1 heterocycles. The van der Waals surface area contributed by atoms with Crippen LogP contribution >= 0.6 is 0 Å². The summed E-state index contributed by atoms with van der Waals surface area (Å²) < 4.78 is 11.2. The second kappa shape index (κ2) is 5.71. The Hall–Kier alpha value is -1.75. The molecule has 20 heavy (non-hydrogen) atoms. The van der Waals surface area contributed by atoms with Crippen molar-refractivity contribution in [2.75, 3.05) is 13.1 Å². The Bertz CT molecular complexity index is 456. The van der Waals surface area contributed by atoms with Crippen LogP contribution in [0.4, 0.5) is 4.79 Å². The maximum absolute atomic E-state index is 12.0. The predicted molar refractivity (Wildman–Crippen MR) is 76.6 cm³/mol. The van der Waals surface area contributed by atoms with E-state index in [1.165, 1.54) is 0 Å². The molecule has 1 aliphatic heterocycles. The quantitative estimate of drug-likeness (QED) is 0.898. The number of hydrogen-bond donors (Lipinski definition) is 1. The molecule has 1 aromatic carbocycles. The summed E-state index contributed by atoms with van der Waals surface area (Å²) >= 11 is 0. The highest BCUT2D eigenvalue weighted by Crippen LogP contribution is 2.19. The molecule has 0 radical (unpaired) electrons. The molecule has 1 saturated heterocycles. The zero-order valence-electron chi connectivity index (χ0n) is 12.2. The molecule has 2 N–H and O–H groups in total. The molecule has 0 spiro atoms. The molecule has 110 valence electrons. The Morgan fingerprint density at radius 1 is 1.25 bits per heavy atom. The van der Waals surface area contributed by atoms with Crippen molar-refractivity contribution >= 4 is 6.09 Å². The third-order valence-electron chi connectivity index (χ3n) is 2.99. The van der Waals surface area contributed by atoms with E-state index in [0.29, 0.717) is 13.1 Å². The lowest BCUT2D eigenvalue weighted by Crippen LogP contribution is -2.37. The number of carbonyl (C=O) groups excluding carboxylic acids is 1. The average Bonchev–Trinajstić information content (AvgIpc) is 2.70. The van der Waals surface area contributed by atoms with Gasteiger partial charge in [0.25, 0.3) is 0 Å². The summed E-state index contributed by atoms with van der Waals surface area (Å²) in [5, 5.41) is 0. The molecule has 1 fully saturated rings. The SMILES string of the molecule is CC(C)(C)OC(=O)N1C[C@H](Oc2ccccc2)[C@@H](N)C1. The standard InChI is InChI=1S/C15H22N2O3/c1-15(2,3)20-14(18)17-9-12(16)13(10-17)19-11-7-5-4-6-8-11/h4-8,12-13H,9-10,16H2,1-3H3/t12-,13-/m0/s1. The molecule has 0 unspecified atom stereocenters. The van der Waals surface area contributed by atoms with Crippen LogP contribution in [0, 0.1) is 0 Å². The van der Waals surface area contributed by atoms with Crippen molar-refractivity contribution in [1.82, 2.24) is 4.90 Å². The van der Waals surface area contributed by atoms with Gasteiger partial charge in [-0.2, -0.15) is 0 Å². The number of nitrogens with two attached hydrogens (primary N) is 1. The fourth-order valence-electron chi connectivity index (χ4n) is 2.07. The largest absolute Gasteiger partial charge is 0.487 e. The van der Waals surface area contributed by atoms with Crippen molar-refractivity contribution in [3.8, 4) is 5.75 Å². The molecule has 0 aliphatic carbocycles. The molecule has 2 atom stereocenters. The Balaban J connectivity index is 1.94. The van der Waals surface area contributed by atoms with Gasteiger partial charge in [0, 0.05) is 6.54 Å². The lowest BCUT2D eigenvalue weighted by molar-refractivity contribution is 0.0275. The van der Waals surface area contributed by atoms with Gasteiger partial charge in [-0.05, 0) is 32.9 Å². The van der Waals surface area contributed by atoms with Crippen LogP contribution in [0.2, 0.25) is 0 Å². The lowest BCUT2D eigenvalue weighted by atomic mass is 10.2. The number of ether oxygens (including phenoxy) is 2. The first kappa shape index (κ1) is 14.7. The molecule has 0 aromatic heterocycles. The Morgan fingerprint density at radius 2 is 1.90 bits per heavy atom. The van der Waals surface area contributed by atoms with Gasteiger partial charge >= 0.3 is 6.09 Å². The van der Waals surface area contributed by atoms with Crippen LogP contribution < -0.4 is 10.5 Å². The second-order valence-corrected chi connectivity index (χ2v) is 6.02. The van der Waals surface area contributed by atoms with Crippen LogP contribution in [0.25, 0.3) is 0 Å². The number of carbonyl (C=O) groups is 1. The summed E-state index contributed by atoms with van der Waals surface area (Å²) in [5.41, 5.74) is 5.54. The van der Waals surface area contributed by atoms with Gasteiger partial charge in [0.05, 0.1) is 12.6 Å². The number of likely N-dealkylation sites (tertiary alicyclic amines) is 1. The molecule has 0 bridgehead atoms. The van der Waals surface area contributed by atoms with Gasteiger partial charge in [-0.25, -0.2) is 4.79 Å². The van der Waals surface area contributed by atoms with E-state index in [2.05, 4.69) is 0 Å². The minimum Gasteiger partial charge on any atom is -0.487 e. The summed E-state index contributed by atoms with van der Waals surface area (Å²) in [6, 6.07) is 9.28. The van der Waals surface area contributed by atoms with Crippen molar-refractivity contribution in [3.63, 3.8) is 0 Å². The van der Waals surface area contributed by atoms with Gasteiger partial charge in [-0.15, -0.1) is 0 Å². The van der Waals surface area contributed by atoms with Gasteiger partial charge < -0.3 is 20.1 Å². The Morgan fingerprint density at radius 3 is 2.50 bits per heavy atom. The summed E-state index contributed by atoms with van der Waals surface area (Å²) in [7, 11) is 0. The predicted octanol–water partition coefficient (Wildman–Crippen LogP) is 2.01. The van der Waals surface area contributed by atoms with Crippen molar-refractivity contribution < 1.29 is 14.3 Å². The summed E-state index contributed by atoms with van der Waals surface area (Å²) in [5.74, 6) is 0.763. The molecular formula is C15H22N2O3. The van der Waals surface area contributed by atoms with E-state index in [1.54, 1.807) is 4.90 Å². The Kier molecular flexibility index (Phi) is 4.18. The monoisotopic (exact) mass is 278 g/mol. The number of nitrogens with zero attached hydrogens (tertiary/aromatic N) is 1. The Labute approximate surface area is 119 Å². The van der Waals surface area contributed by atoms with Crippen molar-refractivity contribution in [1.29, 1.82) is 0 Å². The fourth-order valence-corrected chi connectivity index (χ4v) is 2.07. The molecular weight excluding hydrogens is 256 g/mol. The number of hydrogen-bond acceptors (Lipinski definition) is 4. The highest BCUT2D eigenvalue weighted by atomic mass is 16.6. The zero-order valence-corrected chi connectivity index (χ0v) is 12.2. The van der Waals surface area contributed by atoms with Crippen LogP contribution in [0.1, 0.15) is 20.8 Å². The average molecular weight is 278 g/mol. The highest BCUT2D eigenvalue weighted by Gasteiger charge is 2.36. The molecule has 1 aromatic rings. The highest BCUT2D eigenvalue weighted by molar-refractivity contribution is 5.68. The molecule has 1 aliphatic rings. The van der Waals surface area contributed by atoms with E-state index < -0.39 is 5.60 Å². The van der Waals surface area contributed by atoms with Crippen molar-refractivity contribution in [2.45, 2.75) is 38.5 Å². The first-order valence-corrected chi connectivity index (χ1v) is 6.80. The summed E-state index contributed by atoms with van der Waals surface area (Å²) in [6.45, 7) is 6.44. The van der Waals surface area contributed by atoms with Crippen LogP contribution in [0.3, 0.4) is 0 Å². The van der Waals surface area contributed by atoms with E-state index in [4.69, 9.17) is 15.2 Å². The molecule has 5 heteroatoms. The molecule has 0 saturated carbocycles. The third-order valence-corrected chi connectivity index (χ3v) is 2.99. The molecule has 1 amide bonds. The van der Waals surface area contributed by atoms with E-state index in [1.807, 2.05) is 51.1 Å². The molecule has 5 nitrogen and oxygen atoms in total. The van der Waals surface area contributed by atoms with E-state index in [-0.39, 0.29) is 18.2 Å². The maximum atomic E-state index is 12.0. The maximum Gasteiger partial charge on any atom is 0.410 e. The fraction of sp³-hybridized carbons (Fsp3) is 0.533. The van der Waals surface area contributed by atoms with Crippen LogP contribution in [0.5, 0.6) is 5.75 Å². The number of para-hydroxylation sites is 1. The van der Waals surface area contributed by atoms with Gasteiger partial charge in [0.15, 0.2) is 0 Å². The van der Waals surface area contributed by atoms with Crippen LogP contribution in [-0.4, -0.2) is 41.8 Å². The lowest BCUT2D eigenvalue weighted by Gasteiger charge is -2.24. The third kappa shape index (κ3) is 3.87. The first-order chi connectivity index (χ1) is 9.35. The first-order valence-electron chi connectivity index (χ1n) is 6.80. The smallest absolute Gasteiger partial charge is 0.410 e. The number of rotatable bonds is 2. The normalized spacial score (nSPS) is 22.7. The van der Waals surface area contributed by atoms with Gasteiger partial charge in [-0.3, -0.25) is 0 Å². The van der Waals surface area contributed by atoms with Gasteiger partial charge in [0.2, 0.25) is 0 Å². The van der Waals surface area contributed by atoms with Crippen molar-refractivity contribution in [3.05, 3.63) is 30.3 Å². The summed E-state index contributed by atoms with van der Waals surface area (Å²) in [4.78, 5) is 13.6. The van der Waals surface area contributed by atoms with Gasteiger partial charge in [-0.1, -0.05) is 18.2 Å². The zero-order chi connectivity index (χ0) is 14.8. The van der Waals surface area contributed by atoms with Crippen LogP contribution in [0.15, 0.2) is 30.3 Å². The van der Waals surface area contributed by atoms with Gasteiger partial charge in [0.1, 0.15) is 17.5 Å². The second-order valence-electron chi connectivity index (χ2n) is 6.02. The van der Waals surface area contributed by atoms with E-state index in [9.17, 15) is 4.79 Å². The minimum absolute atomic E-state index is 0.204. The number of benzene rings is 1. The number of amides is 1. The van der Waals surface area contributed by atoms with E-state index in [0.717, 1.165) is 5.75 Å². The topological polar surface area (TPSA) is 64.8 Å².